The third kappa shape index (κ3) is 5.11. The summed E-state index contributed by atoms with van der Waals surface area (Å²) >= 11 is 1.63. The molecule has 0 fully saturated rings. The summed E-state index contributed by atoms with van der Waals surface area (Å²) in [6.07, 6.45) is 5.25. The number of hydrogen-bond donors (Lipinski definition) is 2. The van der Waals surface area contributed by atoms with Gasteiger partial charge in [-0.1, -0.05) is 78.7 Å². The number of nitrogens with one attached hydrogen (secondary N) is 1. The fourth-order valence-electron chi connectivity index (χ4n) is 3.48. The molecule has 0 unspecified atom stereocenters. The zero-order chi connectivity index (χ0) is 22.1. The Hall–Kier alpha value is -3.20. The van der Waals surface area contributed by atoms with Gasteiger partial charge in [0.1, 0.15) is 5.75 Å². The van der Waals surface area contributed by atoms with Gasteiger partial charge in [0.05, 0.1) is 24.4 Å². The molecule has 3 rings (SSSR count). The van der Waals surface area contributed by atoms with E-state index in [-0.39, 0.29) is 12.5 Å². The van der Waals surface area contributed by atoms with Crippen molar-refractivity contribution in [2.75, 3.05) is 19.4 Å². The van der Waals surface area contributed by atoms with E-state index in [1.165, 1.54) is 0 Å². The second-order valence-electron chi connectivity index (χ2n) is 6.98. The van der Waals surface area contributed by atoms with Crippen LogP contribution in [0.25, 0.3) is 0 Å². The second-order valence-corrected chi connectivity index (χ2v) is 8.22. The van der Waals surface area contributed by atoms with Crippen molar-refractivity contribution in [3.05, 3.63) is 102 Å². The van der Waals surface area contributed by atoms with E-state index in [1.54, 1.807) is 18.9 Å². The first-order valence-corrected chi connectivity index (χ1v) is 11.0. The summed E-state index contributed by atoms with van der Waals surface area (Å²) in [5.74, 6) is 3.35. The predicted octanol–water partition coefficient (Wildman–Crippen LogP) is 3.80. The van der Waals surface area contributed by atoms with Gasteiger partial charge >= 0.3 is 0 Å². The summed E-state index contributed by atoms with van der Waals surface area (Å²) in [6, 6.07) is 27.9. The van der Waals surface area contributed by atoms with E-state index in [0.717, 1.165) is 22.4 Å². The van der Waals surface area contributed by atoms with E-state index in [0.29, 0.717) is 5.75 Å². The van der Waals surface area contributed by atoms with E-state index in [1.807, 2.05) is 48.5 Å². The number of methoxy groups -OCH3 is 1. The molecule has 3 N–H and O–H groups in total. The minimum Gasteiger partial charge on any atom is -0.497 e. The van der Waals surface area contributed by atoms with Crippen LogP contribution in [0.5, 0.6) is 5.75 Å². The summed E-state index contributed by atoms with van der Waals surface area (Å²) in [4.78, 5) is 12.4. The molecule has 3 aromatic carbocycles. The molecule has 1 atom stereocenters. The maximum absolute atomic E-state index is 12.4. The van der Waals surface area contributed by atoms with Crippen LogP contribution in [0.3, 0.4) is 0 Å². The van der Waals surface area contributed by atoms with Crippen molar-refractivity contribution in [3.8, 4) is 18.1 Å². The Labute approximate surface area is 188 Å². The molecule has 0 saturated heterocycles. The SMILES string of the molecule is C#CCNC(=O)[C@@H](N)CSC(c1ccccc1)(c1ccccc1)c1ccc(OC)cc1. The maximum Gasteiger partial charge on any atom is 0.238 e. The van der Waals surface area contributed by atoms with Crippen LogP contribution in [0, 0.1) is 12.3 Å². The fraction of sp³-hybridized carbons (Fsp3) is 0.192. The van der Waals surface area contributed by atoms with Crippen LogP contribution < -0.4 is 15.8 Å². The average molecular weight is 431 g/mol. The van der Waals surface area contributed by atoms with Crippen molar-refractivity contribution < 1.29 is 9.53 Å². The lowest BCUT2D eigenvalue weighted by molar-refractivity contribution is -0.121. The molecule has 5 heteroatoms. The van der Waals surface area contributed by atoms with Crippen LogP contribution >= 0.6 is 11.8 Å². The fourth-order valence-corrected chi connectivity index (χ4v) is 4.97. The quantitative estimate of drug-likeness (QED) is 0.400. The molecule has 0 radical (unpaired) electrons. The molecule has 3 aromatic rings. The van der Waals surface area contributed by atoms with Crippen molar-refractivity contribution in [1.82, 2.24) is 5.32 Å². The zero-order valence-electron chi connectivity index (χ0n) is 17.5. The van der Waals surface area contributed by atoms with E-state index < -0.39 is 10.8 Å². The molecule has 0 heterocycles. The normalized spacial score (nSPS) is 11.9. The Morgan fingerprint density at radius 3 is 2.00 bits per heavy atom. The first-order valence-electron chi connectivity index (χ1n) is 9.98. The van der Waals surface area contributed by atoms with Gasteiger partial charge in [0.25, 0.3) is 0 Å². The number of benzene rings is 3. The smallest absolute Gasteiger partial charge is 0.238 e. The van der Waals surface area contributed by atoms with Gasteiger partial charge < -0.3 is 15.8 Å². The molecule has 0 aromatic heterocycles. The molecular weight excluding hydrogens is 404 g/mol. The van der Waals surface area contributed by atoms with Gasteiger partial charge in [0.15, 0.2) is 0 Å². The molecule has 0 aliphatic rings. The van der Waals surface area contributed by atoms with Gasteiger partial charge in [-0.3, -0.25) is 4.79 Å². The third-order valence-corrected chi connectivity index (χ3v) is 6.70. The molecule has 4 nitrogen and oxygen atoms in total. The molecule has 31 heavy (non-hydrogen) atoms. The highest BCUT2D eigenvalue weighted by Crippen LogP contribution is 2.48. The molecular formula is C26H26N2O2S. The van der Waals surface area contributed by atoms with Crippen LogP contribution in [0.15, 0.2) is 84.9 Å². The number of carbonyl (C=O) groups excluding carboxylic acids is 1. The van der Waals surface area contributed by atoms with Crippen LogP contribution in [0.2, 0.25) is 0 Å². The van der Waals surface area contributed by atoms with Gasteiger partial charge in [0, 0.05) is 5.75 Å². The topological polar surface area (TPSA) is 64.4 Å². The average Bonchev–Trinajstić information content (AvgIpc) is 2.84. The van der Waals surface area contributed by atoms with Crippen LogP contribution in [-0.2, 0) is 9.54 Å². The van der Waals surface area contributed by atoms with Gasteiger partial charge in [-0.2, -0.15) is 0 Å². The summed E-state index contributed by atoms with van der Waals surface area (Å²) in [5.41, 5.74) is 9.51. The first kappa shape index (κ1) is 22.5. The van der Waals surface area contributed by atoms with Crippen molar-refractivity contribution in [3.63, 3.8) is 0 Å². The first-order chi connectivity index (χ1) is 15.1. The van der Waals surface area contributed by atoms with Crippen molar-refractivity contribution in [2.45, 2.75) is 10.8 Å². The van der Waals surface area contributed by atoms with Gasteiger partial charge in [-0.25, -0.2) is 0 Å². The Balaban J connectivity index is 2.09. The van der Waals surface area contributed by atoms with E-state index >= 15 is 0 Å². The molecule has 0 saturated carbocycles. The van der Waals surface area contributed by atoms with Crippen LogP contribution in [0.1, 0.15) is 16.7 Å². The number of carbonyl (C=O) groups is 1. The number of thioether (sulfide) groups is 1. The number of rotatable bonds is 9. The standard InChI is InChI=1S/C26H26N2O2S/c1-3-18-28-25(29)24(27)19-31-26(20-10-6-4-7-11-20,21-12-8-5-9-13-21)22-14-16-23(30-2)17-15-22/h1,4-17,24H,18-19,27H2,2H3,(H,28,29)/t24-/m0/s1. The van der Waals surface area contributed by atoms with E-state index in [2.05, 4.69) is 47.6 Å². The molecule has 0 bridgehead atoms. The minimum absolute atomic E-state index is 0.165. The summed E-state index contributed by atoms with van der Waals surface area (Å²) < 4.78 is 4.81. The lowest BCUT2D eigenvalue weighted by Gasteiger charge is -2.36. The largest absolute Gasteiger partial charge is 0.497 e. The molecule has 0 aliphatic carbocycles. The highest BCUT2D eigenvalue weighted by atomic mass is 32.2. The van der Waals surface area contributed by atoms with Gasteiger partial charge in [-0.05, 0) is 28.8 Å². The Morgan fingerprint density at radius 1 is 1.00 bits per heavy atom. The summed E-state index contributed by atoms with van der Waals surface area (Å²) in [5, 5.41) is 2.67. The lowest BCUT2D eigenvalue weighted by Crippen LogP contribution is -2.43. The summed E-state index contributed by atoms with van der Waals surface area (Å²) in [7, 11) is 1.65. The number of terminal acetylenes is 1. The predicted molar refractivity (Wildman–Crippen MR) is 128 cm³/mol. The molecule has 0 aliphatic heterocycles. The third-order valence-electron chi connectivity index (χ3n) is 5.04. The number of hydrogen-bond acceptors (Lipinski definition) is 4. The number of nitrogens with two attached hydrogens (primary N) is 1. The van der Waals surface area contributed by atoms with Gasteiger partial charge in [-0.15, -0.1) is 18.2 Å². The van der Waals surface area contributed by atoms with Crippen molar-refractivity contribution in [1.29, 1.82) is 0 Å². The highest BCUT2D eigenvalue weighted by Gasteiger charge is 2.37. The molecule has 0 spiro atoms. The molecule has 158 valence electrons. The lowest BCUT2D eigenvalue weighted by atomic mass is 9.84. The maximum atomic E-state index is 12.4. The van der Waals surface area contributed by atoms with Crippen molar-refractivity contribution >= 4 is 17.7 Å². The Bertz CT molecular complexity index is 975. The van der Waals surface area contributed by atoms with Crippen LogP contribution in [0.4, 0.5) is 0 Å². The zero-order valence-corrected chi connectivity index (χ0v) is 18.3. The highest BCUT2D eigenvalue weighted by molar-refractivity contribution is 8.00. The van der Waals surface area contributed by atoms with Crippen molar-refractivity contribution in [2.24, 2.45) is 5.73 Å². The Kier molecular flexibility index (Phi) is 7.77. The summed E-state index contributed by atoms with van der Waals surface area (Å²) in [6.45, 7) is 0.165. The number of amides is 1. The second kappa shape index (κ2) is 10.7. The number of ether oxygens (including phenoxy) is 1. The Morgan fingerprint density at radius 2 is 1.52 bits per heavy atom. The van der Waals surface area contributed by atoms with Gasteiger partial charge in [0.2, 0.25) is 5.91 Å². The monoisotopic (exact) mass is 430 g/mol. The minimum atomic E-state index is -0.691. The molecule has 1 amide bonds. The van der Waals surface area contributed by atoms with Crippen LogP contribution in [-0.4, -0.2) is 31.4 Å². The van der Waals surface area contributed by atoms with E-state index in [9.17, 15) is 4.79 Å². The van der Waals surface area contributed by atoms with E-state index in [4.69, 9.17) is 16.9 Å².